The molecule has 0 saturated carbocycles. The van der Waals surface area contributed by atoms with E-state index in [4.69, 9.17) is 4.74 Å². The van der Waals surface area contributed by atoms with Crippen molar-refractivity contribution < 1.29 is 9.53 Å². The number of rotatable bonds is 3. The summed E-state index contributed by atoms with van der Waals surface area (Å²) < 4.78 is 5.46. The molecular weight excluding hydrogens is 240 g/mol. The minimum atomic E-state index is 0.385. The normalized spacial score (nSPS) is 30.1. The van der Waals surface area contributed by atoms with E-state index >= 15 is 0 Å². The summed E-state index contributed by atoms with van der Waals surface area (Å²) in [5.74, 6) is 1.11. The summed E-state index contributed by atoms with van der Waals surface area (Å²) in [5.41, 5.74) is 0.392. The lowest BCUT2D eigenvalue weighted by Gasteiger charge is -2.33. The van der Waals surface area contributed by atoms with Gasteiger partial charge in [-0.2, -0.15) is 0 Å². The SMILES string of the molecule is O=C(CCC1CCNC1)N1CCC2(CCOCC2)C1. The van der Waals surface area contributed by atoms with Gasteiger partial charge in [-0.3, -0.25) is 4.79 Å². The topological polar surface area (TPSA) is 41.6 Å². The van der Waals surface area contributed by atoms with E-state index < -0.39 is 0 Å². The maximum atomic E-state index is 12.3. The van der Waals surface area contributed by atoms with Crippen molar-refractivity contribution in [2.75, 3.05) is 39.4 Å². The van der Waals surface area contributed by atoms with Gasteiger partial charge >= 0.3 is 0 Å². The van der Waals surface area contributed by atoms with E-state index in [0.717, 1.165) is 71.0 Å². The Morgan fingerprint density at radius 1 is 1.32 bits per heavy atom. The first kappa shape index (κ1) is 13.4. The standard InChI is InChI=1S/C15H26N2O2/c18-14(2-1-13-3-7-16-11-13)17-8-4-15(12-17)5-9-19-10-6-15/h13,16H,1-12H2. The minimum Gasteiger partial charge on any atom is -0.381 e. The molecule has 0 aromatic carbocycles. The molecule has 1 amide bonds. The van der Waals surface area contributed by atoms with Crippen molar-refractivity contribution >= 4 is 5.91 Å². The Morgan fingerprint density at radius 3 is 2.89 bits per heavy atom. The smallest absolute Gasteiger partial charge is 0.222 e. The van der Waals surface area contributed by atoms with Gasteiger partial charge < -0.3 is 15.0 Å². The molecule has 3 fully saturated rings. The van der Waals surface area contributed by atoms with Crippen molar-refractivity contribution in [1.29, 1.82) is 0 Å². The summed E-state index contributed by atoms with van der Waals surface area (Å²) in [6, 6.07) is 0. The maximum Gasteiger partial charge on any atom is 0.222 e. The van der Waals surface area contributed by atoms with Crippen LogP contribution in [0.2, 0.25) is 0 Å². The van der Waals surface area contributed by atoms with Crippen molar-refractivity contribution in [3.8, 4) is 0 Å². The Balaban J connectivity index is 1.45. The van der Waals surface area contributed by atoms with E-state index in [0.29, 0.717) is 11.3 Å². The average molecular weight is 266 g/mol. The predicted octanol–water partition coefficient (Wildman–Crippen LogP) is 1.41. The van der Waals surface area contributed by atoms with Crippen LogP contribution in [0.15, 0.2) is 0 Å². The molecule has 1 spiro atoms. The van der Waals surface area contributed by atoms with Crippen LogP contribution in [0.3, 0.4) is 0 Å². The molecule has 3 heterocycles. The second-order valence-corrected chi connectivity index (χ2v) is 6.58. The highest BCUT2D eigenvalue weighted by atomic mass is 16.5. The molecule has 108 valence electrons. The zero-order valence-corrected chi connectivity index (χ0v) is 11.8. The molecule has 19 heavy (non-hydrogen) atoms. The molecule has 4 heteroatoms. The third kappa shape index (κ3) is 3.11. The molecule has 3 rings (SSSR count). The van der Waals surface area contributed by atoms with E-state index in [2.05, 4.69) is 10.2 Å². The Hall–Kier alpha value is -0.610. The second kappa shape index (κ2) is 5.80. The third-order valence-electron chi connectivity index (χ3n) is 5.27. The number of likely N-dealkylation sites (tertiary alicyclic amines) is 1. The van der Waals surface area contributed by atoms with Crippen LogP contribution in [0.4, 0.5) is 0 Å². The highest BCUT2D eigenvalue weighted by Gasteiger charge is 2.40. The highest BCUT2D eigenvalue weighted by molar-refractivity contribution is 5.76. The molecule has 0 aromatic rings. The van der Waals surface area contributed by atoms with Gasteiger partial charge in [0.15, 0.2) is 0 Å². The predicted molar refractivity (Wildman–Crippen MR) is 73.9 cm³/mol. The molecule has 0 radical (unpaired) electrons. The van der Waals surface area contributed by atoms with Crippen molar-refractivity contribution in [2.45, 2.75) is 38.5 Å². The first-order chi connectivity index (χ1) is 9.27. The maximum absolute atomic E-state index is 12.3. The molecule has 3 saturated heterocycles. The van der Waals surface area contributed by atoms with Gasteiger partial charge in [0.2, 0.25) is 5.91 Å². The van der Waals surface area contributed by atoms with Gasteiger partial charge in [-0.25, -0.2) is 0 Å². The summed E-state index contributed by atoms with van der Waals surface area (Å²) in [4.78, 5) is 14.4. The van der Waals surface area contributed by atoms with Gasteiger partial charge in [0.1, 0.15) is 0 Å². The van der Waals surface area contributed by atoms with Crippen LogP contribution in [0.5, 0.6) is 0 Å². The van der Waals surface area contributed by atoms with Crippen molar-refractivity contribution in [3.63, 3.8) is 0 Å². The number of amides is 1. The fourth-order valence-electron chi connectivity index (χ4n) is 3.81. The summed E-state index contributed by atoms with van der Waals surface area (Å²) in [6.45, 7) is 5.96. The zero-order valence-electron chi connectivity index (χ0n) is 11.8. The molecule has 0 aliphatic carbocycles. The number of hydrogen-bond donors (Lipinski definition) is 1. The lowest BCUT2D eigenvalue weighted by molar-refractivity contribution is -0.131. The zero-order chi connectivity index (χ0) is 13.1. The molecule has 0 aromatic heterocycles. The van der Waals surface area contributed by atoms with E-state index in [9.17, 15) is 4.79 Å². The number of hydrogen-bond acceptors (Lipinski definition) is 3. The van der Waals surface area contributed by atoms with Gasteiger partial charge in [0, 0.05) is 32.7 Å². The van der Waals surface area contributed by atoms with Gasteiger partial charge in [-0.15, -0.1) is 0 Å². The lowest BCUT2D eigenvalue weighted by atomic mass is 9.80. The molecular formula is C15H26N2O2. The number of nitrogens with one attached hydrogen (secondary N) is 1. The first-order valence-corrected chi connectivity index (χ1v) is 7.84. The lowest BCUT2D eigenvalue weighted by Crippen LogP contribution is -2.35. The monoisotopic (exact) mass is 266 g/mol. The van der Waals surface area contributed by atoms with Crippen LogP contribution in [0.25, 0.3) is 0 Å². The molecule has 4 nitrogen and oxygen atoms in total. The number of carbonyl (C=O) groups is 1. The van der Waals surface area contributed by atoms with Gasteiger partial charge in [0.25, 0.3) is 0 Å². The Morgan fingerprint density at radius 2 is 2.16 bits per heavy atom. The van der Waals surface area contributed by atoms with Crippen LogP contribution in [0.1, 0.15) is 38.5 Å². The summed E-state index contributed by atoms with van der Waals surface area (Å²) in [7, 11) is 0. The highest BCUT2D eigenvalue weighted by Crippen LogP contribution is 2.39. The van der Waals surface area contributed by atoms with Crippen LogP contribution in [0, 0.1) is 11.3 Å². The molecule has 3 aliphatic heterocycles. The van der Waals surface area contributed by atoms with Crippen molar-refractivity contribution in [2.24, 2.45) is 11.3 Å². The van der Waals surface area contributed by atoms with Crippen molar-refractivity contribution in [1.82, 2.24) is 10.2 Å². The molecule has 1 atom stereocenters. The average Bonchev–Trinajstić information content (AvgIpc) is 3.07. The minimum absolute atomic E-state index is 0.385. The second-order valence-electron chi connectivity index (χ2n) is 6.58. The summed E-state index contributed by atoms with van der Waals surface area (Å²) >= 11 is 0. The number of nitrogens with zero attached hydrogens (tertiary/aromatic N) is 1. The first-order valence-electron chi connectivity index (χ1n) is 7.84. The summed E-state index contributed by atoms with van der Waals surface area (Å²) in [5, 5.41) is 3.37. The van der Waals surface area contributed by atoms with Crippen LogP contribution < -0.4 is 5.32 Å². The molecule has 0 bridgehead atoms. The fourth-order valence-corrected chi connectivity index (χ4v) is 3.81. The molecule has 1 unspecified atom stereocenters. The third-order valence-corrected chi connectivity index (χ3v) is 5.27. The van der Waals surface area contributed by atoms with E-state index in [1.54, 1.807) is 0 Å². The fraction of sp³-hybridized carbons (Fsp3) is 0.933. The van der Waals surface area contributed by atoms with Crippen molar-refractivity contribution in [3.05, 3.63) is 0 Å². The molecule has 1 N–H and O–H groups in total. The van der Waals surface area contributed by atoms with E-state index in [1.807, 2.05) is 0 Å². The van der Waals surface area contributed by atoms with Crippen LogP contribution >= 0.6 is 0 Å². The molecule has 3 aliphatic rings. The Kier molecular flexibility index (Phi) is 4.08. The Bertz CT molecular complexity index is 320. The number of carbonyl (C=O) groups excluding carboxylic acids is 1. The van der Waals surface area contributed by atoms with Crippen LogP contribution in [-0.2, 0) is 9.53 Å². The quantitative estimate of drug-likeness (QED) is 0.839. The van der Waals surface area contributed by atoms with Gasteiger partial charge in [0.05, 0.1) is 0 Å². The van der Waals surface area contributed by atoms with E-state index in [1.165, 1.54) is 12.8 Å². The number of ether oxygens (including phenoxy) is 1. The van der Waals surface area contributed by atoms with Gasteiger partial charge in [-0.1, -0.05) is 0 Å². The summed E-state index contributed by atoms with van der Waals surface area (Å²) in [6.07, 6.45) is 6.53. The largest absolute Gasteiger partial charge is 0.381 e. The van der Waals surface area contributed by atoms with Gasteiger partial charge in [-0.05, 0) is 56.5 Å². The van der Waals surface area contributed by atoms with E-state index in [-0.39, 0.29) is 0 Å². The Labute approximate surface area is 115 Å². The van der Waals surface area contributed by atoms with Crippen LogP contribution in [-0.4, -0.2) is 50.2 Å².